The number of hydrogen-bond donors (Lipinski definition) is 2. The van der Waals surface area contributed by atoms with Crippen LogP contribution < -0.4 is 10.6 Å². The minimum Gasteiger partial charge on any atom is -0.466 e. The number of nitrogens with one attached hydrogen (secondary N) is 2. The van der Waals surface area contributed by atoms with E-state index in [-0.39, 0.29) is 10.7 Å². The third kappa shape index (κ3) is 3.65. The van der Waals surface area contributed by atoms with Crippen LogP contribution in [0.15, 0.2) is 29.5 Å². The number of carbonyl (C=O) groups is 1. The van der Waals surface area contributed by atoms with Crippen molar-refractivity contribution in [1.29, 1.82) is 0 Å². The summed E-state index contributed by atoms with van der Waals surface area (Å²) in [5.74, 6) is -0.524. The van der Waals surface area contributed by atoms with Crippen LogP contribution in [-0.2, 0) is 9.53 Å². The van der Waals surface area contributed by atoms with Gasteiger partial charge in [-0.3, -0.25) is 10.1 Å². The van der Waals surface area contributed by atoms with Gasteiger partial charge in [0.25, 0.3) is 5.69 Å². The molecule has 1 aliphatic rings. The summed E-state index contributed by atoms with van der Waals surface area (Å²) < 4.78 is 4.87. The summed E-state index contributed by atoms with van der Waals surface area (Å²) in [4.78, 5) is 22.8. The Labute approximate surface area is 149 Å². The second kappa shape index (κ2) is 7.59. The molecule has 0 amide bonds. The zero-order valence-electron chi connectivity index (χ0n) is 13.1. The SMILES string of the molecule is CCCC1=C(C(=O)OC)C(c2ccc(Cl)c([N+](=O)[O-])c2)NC(=S)N1. The first-order valence-electron chi connectivity index (χ1n) is 7.21. The van der Waals surface area contributed by atoms with Crippen LogP contribution >= 0.6 is 23.8 Å². The Balaban J connectivity index is 2.58. The molecule has 0 saturated carbocycles. The molecule has 7 nitrogen and oxygen atoms in total. The Morgan fingerprint density at radius 3 is 2.79 bits per heavy atom. The number of halogens is 1. The van der Waals surface area contributed by atoms with Crippen molar-refractivity contribution in [1.82, 2.24) is 10.6 Å². The van der Waals surface area contributed by atoms with Gasteiger partial charge in [0.1, 0.15) is 5.02 Å². The predicted molar refractivity (Wildman–Crippen MR) is 93.7 cm³/mol. The van der Waals surface area contributed by atoms with Gasteiger partial charge in [0, 0.05) is 11.8 Å². The number of thiocarbonyl (C=S) groups is 1. The van der Waals surface area contributed by atoms with E-state index < -0.39 is 16.9 Å². The van der Waals surface area contributed by atoms with Crippen molar-refractivity contribution in [3.8, 4) is 0 Å². The van der Waals surface area contributed by atoms with Gasteiger partial charge in [0.15, 0.2) is 5.11 Å². The first-order valence-corrected chi connectivity index (χ1v) is 8.00. The number of esters is 1. The Kier molecular flexibility index (Phi) is 5.74. The molecule has 24 heavy (non-hydrogen) atoms. The smallest absolute Gasteiger partial charge is 0.337 e. The molecule has 128 valence electrons. The molecule has 1 aromatic carbocycles. The molecular weight excluding hydrogens is 354 g/mol. The first kappa shape index (κ1) is 18.2. The summed E-state index contributed by atoms with van der Waals surface area (Å²) in [5, 5.41) is 17.4. The van der Waals surface area contributed by atoms with E-state index in [9.17, 15) is 14.9 Å². The molecule has 0 spiro atoms. The molecule has 1 aromatic rings. The van der Waals surface area contributed by atoms with Crippen LogP contribution in [0, 0.1) is 10.1 Å². The van der Waals surface area contributed by atoms with E-state index in [4.69, 9.17) is 28.6 Å². The summed E-state index contributed by atoms with van der Waals surface area (Å²) in [6, 6.07) is 3.73. The van der Waals surface area contributed by atoms with E-state index >= 15 is 0 Å². The van der Waals surface area contributed by atoms with Crippen molar-refractivity contribution in [3.63, 3.8) is 0 Å². The van der Waals surface area contributed by atoms with Gasteiger partial charge in [-0.1, -0.05) is 31.0 Å². The highest BCUT2D eigenvalue weighted by Gasteiger charge is 2.32. The number of carbonyl (C=O) groups excluding carboxylic acids is 1. The number of methoxy groups -OCH3 is 1. The van der Waals surface area contributed by atoms with Gasteiger partial charge in [-0.25, -0.2) is 4.79 Å². The lowest BCUT2D eigenvalue weighted by molar-refractivity contribution is -0.384. The van der Waals surface area contributed by atoms with Crippen LogP contribution in [0.5, 0.6) is 0 Å². The lowest BCUT2D eigenvalue weighted by Crippen LogP contribution is -2.45. The van der Waals surface area contributed by atoms with E-state index in [0.717, 1.165) is 6.42 Å². The number of nitrogens with zero attached hydrogens (tertiary/aromatic N) is 1. The van der Waals surface area contributed by atoms with Crippen LogP contribution in [0.1, 0.15) is 31.4 Å². The monoisotopic (exact) mass is 369 g/mol. The number of nitro benzene ring substituents is 1. The average Bonchev–Trinajstić information content (AvgIpc) is 2.54. The van der Waals surface area contributed by atoms with Crippen LogP contribution in [0.25, 0.3) is 0 Å². The normalized spacial score (nSPS) is 17.1. The Morgan fingerprint density at radius 1 is 1.50 bits per heavy atom. The summed E-state index contributed by atoms with van der Waals surface area (Å²) in [6.07, 6.45) is 1.39. The van der Waals surface area contributed by atoms with Gasteiger partial charge in [-0.2, -0.15) is 0 Å². The minimum atomic E-state index is -0.649. The highest BCUT2D eigenvalue weighted by molar-refractivity contribution is 7.80. The Hall–Kier alpha value is -2.19. The second-order valence-electron chi connectivity index (χ2n) is 5.13. The van der Waals surface area contributed by atoms with E-state index in [0.29, 0.717) is 28.4 Å². The average molecular weight is 370 g/mol. The van der Waals surface area contributed by atoms with Crippen molar-refractivity contribution in [3.05, 3.63) is 50.2 Å². The molecule has 1 unspecified atom stereocenters. The number of rotatable bonds is 5. The predicted octanol–water partition coefficient (Wildman–Crippen LogP) is 2.99. The molecule has 1 heterocycles. The third-order valence-corrected chi connectivity index (χ3v) is 4.10. The number of allylic oxidation sites excluding steroid dienone is 1. The minimum absolute atomic E-state index is 0.0256. The highest BCUT2D eigenvalue weighted by atomic mass is 35.5. The fourth-order valence-corrected chi connectivity index (χ4v) is 2.94. The number of ether oxygens (including phenoxy) is 1. The van der Waals surface area contributed by atoms with Crippen LogP contribution in [0.3, 0.4) is 0 Å². The molecule has 1 atom stereocenters. The topological polar surface area (TPSA) is 93.5 Å². The fraction of sp³-hybridized carbons (Fsp3) is 0.333. The molecule has 0 aromatic heterocycles. The molecule has 2 rings (SSSR count). The molecule has 9 heteroatoms. The zero-order chi connectivity index (χ0) is 17.9. The third-order valence-electron chi connectivity index (χ3n) is 3.56. The van der Waals surface area contributed by atoms with Gasteiger partial charge >= 0.3 is 5.97 Å². The fourth-order valence-electron chi connectivity index (χ4n) is 2.52. The molecular formula is C15H16ClN3O4S. The largest absolute Gasteiger partial charge is 0.466 e. The maximum Gasteiger partial charge on any atom is 0.337 e. The van der Waals surface area contributed by atoms with Crippen molar-refractivity contribution < 1.29 is 14.5 Å². The van der Waals surface area contributed by atoms with E-state index in [1.54, 1.807) is 6.07 Å². The molecule has 1 aliphatic heterocycles. The van der Waals surface area contributed by atoms with Crippen molar-refractivity contribution in [2.24, 2.45) is 0 Å². The molecule has 0 fully saturated rings. The molecule has 0 aliphatic carbocycles. The van der Waals surface area contributed by atoms with Crippen molar-refractivity contribution in [2.45, 2.75) is 25.8 Å². The van der Waals surface area contributed by atoms with Crippen molar-refractivity contribution >= 4 is 40.6 Å². The summed E-state index contributed by atoms with van der Waals surface area (Å²) in [7, 11) is 1.28. The number of benzene rings is 1. The summed E-state index contributed by atoms with van der Waals surface area (Å²) in [6.45, 7) is 1.97. The van der Waals surface area contributed by atoms with Crippen LogP contribution in [-0.4, -0.2) is 23.1 Å². The lowest BCUT2D eigenvalue weighted by atomic mass is 9.93. The Bertz CT molecular complexity index is 735. The molecule has 0 radical (unpaired) electrons. The maximum atomic E-state index is 12.3. The van der Waals surface area contributed by atoms with Crippen LogP contribution in [0.4, 0.5) is 5.69 Å². The van der Waals surface area contributed by atoms with E-state index in [2.05, 4.69) is 10.6 Å². The quantitative estimate of drug-likeness (QED) is 0.356. The Morgan fingerprint density at radius 2 is 2.21 bits per heavy atom. The van der Waals surface area contributed by atoms with E-state index in [1.807, 2.05) is 6.92 Å². The molecule has 2 N–H and O–H groups in total. The summed E-state index contributed by atoms with van der Waals surface area (Å²) in [5.41, 5.74) is 1.27. The van der Waals surface area contributed by atoms with Gasteiger partial charge in [-0.05, 0) is 30.3 Å². The molecule has 0 saturated heterocycles. The van der Waals surface area contributed by atoms with Gasteiger partial charge in [0.2, 0.25) is 0 Å². The zero-order valence-corrected chi connectivity index (χ0v) is 14.7. The van der Waals surface area contributed by atoms with Crippen molar-refractivity contribution in [2.75, 3.05) is 7.11 Å². The standard InChI is InChI=1S/C15H16ClN3O4S/c1-3-4-10-12(14(20)23-2)13(18-15(24)17-10)8-5-6-9(16)11(7-8)19(21)22/h5-7,13H,3-4H2,1-2H3,(H2,17,18,24). The maximum absolute atomic E-state index is 12.3. The van der Waals surface area contributed by atoms with Crippen LogP contribution in [0.2, 0.25) is 5.02 Å². The van der Waals surface area contributed by atoms with E-state index in [1.165, 1.54) is 19.2 Å². The lowest BCUT2D eigenvalue weighted by Gasteiger charge is -2.30. The molecule has 0 bridgehead atoms. The number of hydrogen-bond acceptors (Lipinski definition) is 5. The highest BCUT2D eigenvalue weighted by Crippen LogP contribution is 2.33. The first-order chi connectivity index (χ1) is 11.4. The van der Waals surface area contributed by atoms with Gasteiger partial charge in [0.05, 0.1) is 23.6 Å². The van der Waals surface area contributed by atoms with Gasteiger partial charge in [-0.15, -0.1) is 0 Å². The second-order valence-corrected chi connectivity index (χ2v) is 5.95. The summed E-state index contributed by atoms with van der Waals surface area (Å²) >= 11 is 11.1. The van der Waals surface area contributed by atoms with Gasteiger partial charge < -0.3 is 15.4 Å². The number of nitro groups is 1.